The minimum absolute atomic E-state index is 0.399. The molecule has 1 heterocycles. The molecule has 0 aliphatic rings. The Kier molecular flexibility index (Phi) is 4.06. The molecule has 5 rings (SSSR count). The third kappa shape index (κ3) is 2.91. The average molecular weight is 364 g/mol. The van der Waals surface area contributed by atoms with Crippen LogP contribution in [0.4, 0.5) is 0 Å². The van der Waals surface area contributed by atoms with Gasteiger partial charge in [0, 0.05) is 11.1 Å². The third-order valence-electron chi connectivity index (χ3n) is 5.03. The van der Waals surface area contributed by atoms with E-state index in [1.165, 1.54) is 10.9 Å². The lowest BCUT2D eigenvalue weighted by atomic mass is 10.1. The zero-order chi connectivity index (χ0) is 18.9. The molecule has 0 saturated carbocycles. The zero-order valence-corrected chi connectivity index (χ0v) is 15.7. The number of aromatic nitrogens is 2. The lowest BCUT2D eigenvalue weighted by Crippen LogP contribution is -2.06. The Bertz CT molecular complexity index is 1260. The molecule has 0 spiro atoms. The number of ether oxygens (including phenoxy) is 1. The maximum Gasteiger partial charge on any atom is 0.152 e. The van der Waals surface area contributed by atoms with E-state index in [2.05, 4.69) is 60.0 Å². The molecule has 0 atom stereocenters. The van der Waals surface area contributed by atoms with E-state index < -0.39 is 0 Å². The first kappa shape index (κ1) is 16.6. The topological polar surface area (TPSA) is 27.1 Å². The molecule has 0 saturated heterocycles. The fraction of sp³-hybridized carbons (Fsp3) is 0.0800. The number of hydrogen-bond donors (Lipinski definition) is 0. The highest BCUT2D eigenvalue weighted by Crippen LogP contribution is 2.27. The van der Waals surface area contributed by atoms with E-state index in [-0.39, 0.29) is 0 Å². The van der Waals surface area contributed by atoms with Crippen molar-refractivity contribution < 1.29 is 4.74 Å². The minimum atomic E-state index is 0.399. The zero-order valence-electron chi connectivity index (χ0n) is 15.7. The van der Waals surface area contributed by atoms with Crippen LogP contribution < -0.4 is 4.74 Å². The van der Waals surface area contributed by atoms with Crippen LogP contribution in [0.2, 0.25) is 0 Å². The van der Waals surface area contributed by atoms with Gasteiger partial charge in [-0.1, -0.05) is 66.2 Å². The van der Waals surface area contributed by atoms with E-state index in [0.29, 0.717) is 6.61 Å². The molecular weight excluding hydrogens is 344 g/mol. The first-order chi connectivity index (χ1) is 13.8. The molecule has 1 aromatic heterocycles. The van der Waals surface area contributed by atoms with Crippen LogP contribution >= 0.6 is 0 Å². The molecule has 28 heavy (non-hydrogen) atoms. The monoisotopic (exact) mass is 364 g/mol. The van der Waals surface area contributed by atoms with Crippen molar-refractivity contribution in [3.8, 4) is 11.4 Å². The number of nitrogens with zero attached hydrogens (tertiary/aromatic N) is 2. The predicted octanol–water partition coefficient (Wildman–Crippen LogP) is 6.07. The van der Waals surface area contributed by atoms with E-state index in [4.69, 9.17) is 9.72 Å². The number of hydrogen-bond acceptors (Lipinski definition) is 2. The van der Waals surface area contributed by atoms with Gasteiger partial charge in [0.15, 0.2) is 5.82 Å². The summed E-state index contributed by atoms with van der Waals surface area (Å²) in [4.78, 5) is 4.84. The van der Waals surface area contributed by atoms with Crippen LogP contribution in [0.5, 0.6) is 5.75 Å². The fourth-order valence-electron chi connectivity index (χ4n) is 3.62. The van der Waals surface area contributed by atoms with Gasteiger partial charge in [0.1, 0.15) is 12.4 Å². The summed E-state index contributed by atoms with van der Waals surface area (Å²) in [5, 5.41) is 2.29. The standard InChI is InChI=1S/C25H20N2O/c1-18-13-15-20(16-14-18)27-23-11-5-4-10-22(23)26-25(27)17-28-24-12-6-8-19-7-2-3-9-21(19)24/h2-16H,17H2,1H3. The summed E-state index contributed by atoms with van der Waals surface area (Å²) in [6, 6.07) is 31.1. The highest BCUT2D eigenvalue weighted by Gasteiger charge is 2.13. The molecule has 5 aromatic rings. The number of imidazole rings is 1. The Hall–Kier alpha value is -3.59. The van der Waals surface area contributed by atoms with Gasteiger partial charge in [-0.15, -0.1) is 0 Å². The molecular formula is C25H20N2O. The maximum absolute atomic E-state index is 6.24. The van der Waals surface area contributed by atoms with E-state index in [1.54, 1.807) is 0 Å². The summed E-state index contributed by atoms with van der Waals surface area (Å²) < 4.78 is 8.42. The second-order valence-electron chi connectivity index (χ2n) is 6.95. The first-order valence-electron chi connectivity index (χ1n) is 9.43. The number of fused-ring (bicyclic) bond motifs is 2. The number of para-hydroxylation sites is 2. The molecule has 0 N–H and O–H groups in total. The molecule has 3 heteroatoms. The van der Waals surface area contributed by atoms with Crippen LogP contribution in [0.3, 0.4) is 0 Å². The third-order valence-corrected chi connectivity index (χ3v) is 5.03. The molecule has 0 unspecified atom stereocenters. The highest BCUT2D eigenvalue weighted by atomic mass is 16.5. The van der Waals surface area contributed by atoms with Gasteiger partial charge in [-0.3, -0.25) is 4.57 Å². The SMILES string of the molecule is Cc1ccc(-n2c(COc3cccc4ccccc34)nc3ccccc32)cc1. The van der Waals surface area contributed by atoms with Crippen molar-refractivity contribution in [2.45, 2.75) is 13.5 Å². The maximum atomic E-state index is 6.24. The Morgan fingerprint density at radius 3 is 2.43 bits per heavy atom. The lowest BCUT2D eigenvalue weighted by molar-refractivity contribution is 0.298. The van der Waals surface area contributed by atoms with Crippen molar-refractivity contribution in [3.05, 3.63) is 102 Å². The van der Waals surface area contributed by atoms with Gasteiger partial charge in [-0.05, 0) is 42.6 Å². The van der Waals surface area contributed by atoms with Gasteiger partial charge >= 0.3 is 0 Å². The molecule has 0 bridgehead atoms. The Balaban J connectivity index is 1.57. The fourth-order valence-corrected chi connectivity index (χ4v) is 3.62. The van der Waals surface area contributed by atoms with Crippen molar-refractivity contribution in [1.29, 1.82) is 0 Å². The number of rotatable bonds is 4. The van der Waals surface area contributed by atoms with Crippen molar-refractivity contribution in [1.82, 2.24) is 9.55 Å². The van der Waals surface area contributed by atoms with Crippen LogP contribution in [0, 0.1) is 6.92 Å². The largest absolute Gasteiger partial charge is 0.485 e. The highest BCUT2D eigenvalue weighted by molar-refractivity contribution is 5.88. The van der Waals surface area contributed by atoms with Crippen LogP contribution in [0.15, 0.2) is 91.0 Å². The van der Waals surface area contributed by atoms with Crippen molar-refractivity contribution in [3.63, 3.8) is 0 Å². The van der Waals surface area contributed by atoms with Crippen molar-refractivity contribution in [2.75, 3.05) is 0 Å². The van der Waals surface area contributed by atoms with Crippen molar-refractivity contribution >= 4 is 21.8 Å². The molecule has 4 aromatic carbocycles. The quantitative estimate of drug-likeness (QED) is 0.387. The van der Waals surface area contributed by atoms with Gasteiger partial charge in [-0.25, -0.2) is 4.98 Å². The van der Waals surface area contributed by atoms with Crippen LogP contribution in [0.25, 0.3) is 27.5 Å². The molecule has 0 aliphatic heterocycles. The van der Waals surface area contributed by atoms with E-state index in [9.17, 15) is 0 Å². The van der Waals surface area contributed by atoms with Crippen LogP contribution in [-0.2, 0) is 6.61 Å². The summed E-state index contributed by atoms with van der Waals surface area (Å²) in [5.74, 6) is 1.76. The predicted molar refractivity (Wildman–Crippen MR) is 114 cm³/mol. The van der Waals surface area contributed by atoms with Crippen LogP contribution in [0.1, 0.15) is 11.4 Å². The number of aryl methyl sites for hydroxylation is 1. The average Bonchev–Trinajstić information content (AvgIpc) is 3.11. The summed E-state index contributed by atoms with van der Waals surface area (Å²) in [6.45, 7) is 2.50. The molecule has 0 fully saturated rings. The van der Waals surface area contributed by atoms with E-state index in [0.717, 1.165) is 33.7 Å². The lowest BCUT2D eigenvalue weighted by Gasteiger charge is -2.12. The van der Waals surface area contributed by atoms with Gasteiger partial charge in [0.25, 0.3) is 0 Å². The first-order valence-corrected chi connectivity index (χ1v) is 9.43. The Morgan fingerprint density at radius 1 is 0.786 bits per heavy atom. The van der Waals surface area contributed by atoms with Crippen LogP contribution in [-0.4, -0.2) is 9.55 Å². The minimum Gasteiger partial charge on any atom is -0.485 e. The molecule has 0 amide bonds. The smallest absolute Gasteiger partial charge is 0.152 e. The second-order valence-corrected chi connectivity index (χ2v) is 6.95. The Morgan fingerprint density at radius 2 is 1.54 bits per heavy atom. The van der Waals surface area contributed by atoms with Crippen molar-refractivity contribution in [2.24, 2.45) is 0 Å². The normalized spacial score (nSPS) is 11.2. The van der Waals surface area contributed by atoms with E-state index in [1.807, 2.05) is 42.5 Å². The molecule has 0 radical (unpaired) electrons. The van der Waals surface area contributed by atoms with Gasteiger partial charge in [0.2, 0.25) is 0 Å². The Labute approximate surface area is 163 Å². The number of benzene rings is 4. The van der Waals surface area contributed by atoms with E-state index >= 15 is 0 Å². The summed E-state index contributed by atoms with van der Waals surface area (Å²) >= 11 is 0. The summed E-state index contributed by atoms with van der Waals surface area (Å²) in [5.41, 5.74) is 4.39. The summed E-state index contributed by atoms with van der Waals surface area (Å²) in [7, 11) is 0. The molecule has 136 valence electrons. The molecule has 3 nitrogen and oxygen atoms in total. The van der Waals surface area contributed by atoms with Gasteiger partial charge in [-0.2, -0.15) is 0 Å². The second kappa shape index (κ2) is 6.86. The summed E-state index contributed by atoms with van der Waals surface area (Å²) in [6.07, 6.45) is 0. The van der Waals surface area contributed by atoms with Gasteiger partial charge in [0.05, 0.1) is 11.0 Å². The van der Waals surface area contributed by atoms with Gasteiger partial charge < -0.3 is 4.74 Å². The molecule has 0 aliphatic carbocycles.